The molecule has 0 aliphatic rings. The second-order valence-corrected chi connectivity index (χ2v) is 5.94. The monoisotopic (exact) mass is 349 g/mol. The summed E-state index contributed by atoms with van der Waals surface area (Å²) in [6, 6.07) is 10.6. The van der Waals surface area contributed by atoms with Crippen LogP contribution in [0.4, 0.5) is 0 Å². The van der Waals surface area contributed by atoms with Crippen molar-refractivity contribution in [2.75, 3.05) is 7.11 Å². The number of halogens is 2. The molecule has 0 spiro atoms. The molecule has 0 bridgehead atoms. The lowest BCUT2D eigenvalue weighted by Gasteiger charge is -2.08. The maximum absolute atomic E-state index is 11.5. The third-order valence-corrected chi connectivity index (χ3v) is 4.26. The van der Waals surface area contributed by atoms with E-state index in [4.69, 9.17) is 27.9 Å². The minimum Gasteiger partial charge on any atom is -0.497 e. The zero-order valence-corrected chi connectivity index (χ0v) is 13.7. The Kier molecular flexibility index (Phi) is 4.20. The Balaban J connectivity index is 2.12. The number of nitrogens with zero attached hydrogens (tertiary/aromatic N) is 1. The van der Waals surface area contributed by atoms with Gasteiger partial charge >= 0.3 is 5.97 Å². The van der Waals surface area contributed by atoms with E-state index >= 15 is 0 Å². The number of carboxylic acid groups (broad SMARTS) is 1. The smallest absolute Gasteiger partial charge is 0.337 e. The minimum absolute atomic E-state index is 0.226. The van der Waals surface area contributed by atoms with Crippen LogP contribution in [0.25, 0.3) is 10.9 Å². The standard InChI is InChI=1S/C17H13Cl2NO3/c1-23-12-4-5-16-13(7-12)14(17(21)22)9-20(16)8-10-2-3-11(18)6-15(10)19/h2-7,9H,8H2,1H3,(H,21,22). The molecule has 0 aliphatic carbocycles. The van der Waals surface area contributed by atoms with E-state index in [9.17, 15) is 9.90 Å². The summed E-state index contributed by atoms with van der Waals surface area (Å²) in [5.74, 6) is -0.369. The van der Waals surface area contributed by atoms with Gasteiger partial charge in [-0.2, -0.15) is 0 Å². The van der Waals surface area contributed by atoms with E-state index in [1.165, 1.54) is 0 Å². The quantitative estimate of drug-likeness (QED) is 0.742. The zero-order valence-electron chi connectivity index (χ0n) is 12.2. The highest BCUT2D eigenvalue weighted by Gasteiger charge is 2.15. The van der Waals surface area contributed by atoms with Crippen LogP contribution in [-0.2, 0) is 6.54 Å². The molecule has 2 aromatic carbocycles. The molecule has 0 saturated heterocycles. The van der Waals surface area contributed by atoms with E-state index < -0.39 is 5.97 Å². The van der Waals surface area contributed by atoms with Gasteiger partial charge in [0.25, 0.3) is 0 Å². The number of aromatic carboxylic acids is 1. The first-order valence-corrected chi connectivity index (χ1v) is 7.59. The Morgan fingerprint density at radius 2 is 2.00 bits per heavy atom. The van der Waals surface area contributed by atoms with Crippen molar-refractivity contribution in [1.82, 2.24) is 4.57 Å². The first-order chi connectivity index (χ1) is 11.0. The Bertz CT molecular complexity index is 902. The van der Waals surface area contributed by atoms with Crippen molar-refractivity contribution in [1.29, 1.82) is 0 Å². The predicted molar refractivity (Wildman–Crippen MR) is 91.0 cm³/mol. The molecule has 0 saturated carbocycles. The molecule has 0 amide bonds. The third-order valence-electron chi connectivity index (χ3n) is 3.67. The van der Waals surface area contributed by atoms with E-state index in [1.807, 2.05) is 16.7 Å². The van der Waals surface area contributed by atoms with Crippen molar-refractivity contribution in [2.24, 2.45) is 0 Å². The fourth-order valence-corrected chi connectivity index (χ4v) is 3.01. The van der Waals surface area contributed by atoms with Gasteiger partial charge in [-0.25, -0.2) is 4.79 Å². The minimum atomic E-state index is -0.982. The number of hydrogen-bond donors (Lipinski definition) is 1. The fraction of sp³-hybridized carbons (Fsp3) is 0.118. The van der Waals surface area contributed by atoms with Crippen LogP contribution in [0.2, 0.25) is 10.0 Å². The number of benzene rings is 2. The van der Waals surface area contributed by atoms with Gasteiger partial charge in [0.05, 0.1) is 12.7 Å². The number of rotatable bonds is 4. The van der Waals surface area contributed by atoms with Crippen LogP contribution in [0.1, 0.15) is 15.9 Å². The van der Waals surface area contributed by atoms with Gasteiger partial charge in [-0.05, 0) is 35.9 Å². The van der Waals surface area contributed by atoms with Crippen molar-refractivity contribution < 1.29 is 14.6 Å². The van der Waals surface area contributed by atoms with Crippen LogP contribution >= 0.6 is 23.2 Å². The van der Waals surface area contributed by atoms with E-state index in [0.717, 1.165) is 11.1 Å². The van der Waals surface area contributed by atoms with Gasteiger partial charge in [-0.1, -0.05) is 29.3 Å². The molecule has 1 heterocycles. The molecule has 1 N–H and O–H groups in total. The lowest BCUT2D eigenvalue weighted by atomic mass is 10.1. The second kappa shape index (κ2) is 6.14. The average Bonchev–Trinajstić information content (AvgIpc) is 2.88. The Labute approximate surface area is 142 Å². The van der Waals surface area contributed by atoms with Gasteiger partial charge in [0, 0.05) is 33.7 Å². The third kappa shape index (κ3) is 3.00. The molecule has 0 aliphatic heterocycles. The normalized spacial score (nSPS) is 10.9. The summed E-state index contributed by atoms with van der Waals surface area (Å²) in [5, 5.41) is 11.2. The number of aromatic nitrogens is 1. The van der Waals surface area contributed by atoms with Crippen LogP contribution in [0.15, 0.2) is 42.6 Å². The highest BCUT2D eigenvalue weighted by molar-refractivity contribution is 6.35. The van der Waals surface area contributed by atoms with Crippen molar-refractivity contribution in [3.63, 3.8) is 0 Å². The van der Waals surface area contributed by atoms with Crippen molar-refractivity contribution in [3.8, 4) is 5.75 Å². The molecular weight excluding hydrogens is 337 g/mol. The molecule has 3 rings (SSSR count). The Hall–Kier alpha value is -2.17. The molecular formula is C17H13Cl2NO3. The SMILES string of the molecule is COc1ccc2c(c1)c(C(=O)O)cn2Cc1ccc(Cl)cc1Cl. The summed E-state index contributed by atoms with van der Waals surface area (Å²) in [6.45, 7) is 0.451. The summed E-state index contributed by atoms with van der Waals surface area (Å²) in [5.41, 5.74) is 1.89. The van der Waals surface area contributed by atoms with E-state index in [-0.39, 0.29) is 5.56 Å². The summed E-state index contributed by atoms with van der Waals surface area (Å²) in [6.07, 6.45) is 1.61. The average molecular weight is 350 g/mol. The van der Waals surface area contributed by atoms with Crippen LogP contribution in [0, 0.1) is 0 Å². The molecule has 6 heteroatoms. The summed E-state index contributed by atoms with van der Waals surface area (Å²) in [7, 11) is 1.55. The maximum atomic E-state index is 11.5. The largest absolute Gasteiger partial charge is 0.497 e. The molecule has 0 fully saturated rings. The summed E-state index contributed by atoms with van der Waals surface area (Å²) >= 11 is 12.1. The number of carboxylic acids is 1. The number of methoxy groups -OCH3 is 1. The maximum Gasteiger partial charge on any atom is 0.337 e. The topological polar surface area (TPSA) is 51.5 Å². The molecule has 23 heavy (non-hydrogen) atoms. The fourth-order valence-electron chi connectivity index (χ4n) is 2.54. The predicted octanol–water partition coefficient (Wildman–Crippen LogP) is 4.70. The van der Waals surface area contributed by atoms with Gasteiger partial charge in [-0.3, -0.25) is 0 Å². The van der Waals surface area contributed by atoms with Gasteiger partial charge < -0.3 is 14.4 Å². The van der Waals surface area contributed by atoms with Crippen molar-refractivity contribution in [3.05, 3.63) is 63.8 Å². The lowest BCUT2D eigenvalue weighted by Crippen LogP contribution is -1.99. The molecule has 0 atom stereocenters. The number of ether oxygens (including phenoxy) is 1. The van der Waals surface area contributed by atoms with Crippen LogP contribution in [0.5, 0.6) is 5.75 Å². The molecule has 3 aromatic rings. The first-order valence-electron chi connectivity index (χ1n) is 6.83. The molecule has 1 aromatic heterocycles. The second-order valence-electron chi connectivity index (χ2n) is 5.09. The highest BCUT2D eigenvalue weighted by Crippen LogP contribution is 2.28. The summed E-state index contributed by atoms with van der Waals surface area (Å²) < 4.78 is 7.03. The number of hydrogen-bond acceptors (Lipinski definition) is 2. The Morgan fingerprint density at radius 3 is 2.65 bits per heavy atom. The highest BCUT2D eigenvalue weighted by atomic mass is 35.5. The van der Waals surface area contributed by atoms with E-state index in [2.05, 4.69) is 0 Å². The molecule has 0 unspecified atom stereocenters. The van der Waals surface area contributed by atoms with Crippen LogP contribution in [0.3, 0.4) is 0 Å². The van der Waals surface area contributed by atoms with Crippen molar-refractivity contribution >= 4 is 40.1 Å². The number of carbonyl (C=O) groups is 1. The molecule has 118 valence electrons. The lowest BCUT2D eigenvalue weighted by molar-refractivity contribution is 0.0699. The van der Waals surface area contributed by atoms with Gasteiger partial charge in [0.15, 0.2) is 0 Å². The van der Waals surface area contributed by atoms with Crippen LogP contribution < -0.4 is 4.74 Å². The van der Waals surface area contributed by atoms with Crippen LogP contribution in [-0.4, -0.2) is 22.8 Å². The zero-order chi connectivity index (χ0) is 16.6. The molecule has 0 radical (unpaired) electrons. The van der Waals surface area contributed by atoms with Crippen molar-refractivity contribution in [2.45, 2.75) is 6.54 Å². The Morgan fingerprint density at radius 1 is 1.22 bits per heavy atom. The van der Waals surface area contributed by atoms with E-state index in [0.29, 0.717) is 27.7 Å². The first kappa shape index (κ1) is 15.7. The molecule has 4 nitrogen and oxygen atoms in total. The van der Waals surface area contributed by atoms with Gasteiger partial charge in [0.2, 0.25) is 0 Å². The van der Waals surface area contributed by atoms with Gasteiger partial charge in [0.1, 0.15) is 5.75 Å². The van der Waals surface area contributed by atoms with Gasteiger partial charge in [-0.15, -0.1) is 0 Å². The van der Waals surface area contributed by atoms with E-state index in [1.54, 1.807) is 37.6 Å². The number of fused-ring (bicyclic) bond motifs is 1. The summed E-state index contributed by atoms with van der Waals surface area (Å²) in [4.78, 5) is 11.5.